The molecule has 0 spiro atoms. The molecule has 0 aromatic rings. The van der Waals surface area contributed by atoms with E-state index >= 15 is 0 Å². The number of carboxylic acids is 1. The van der Waals surface area contributed by atoms with Gasteiger partial charge >= 0.3 is 5.97 Å². The van der Waals surface area contributed by atoms with E-state index in [2.05, 4.69) is 13.8 Å². The second-order valence-corrected chi connectivity index (χ2v) is 13.1. The first-order valence-electron chi connectivity index (χ1n) is 18.4. The number of unbranched alkanes of at least 4 members (excludes halogenated alkanes) is 24. The minimum absolute atomic E-state index is 0.337. The van der Waals surface area contributed by atoms with Crippen LogP contribution >= 0.6 is 0 Å². The number of carbonyl (C=O) groups is 1. The lowest BCUT2D eigenvalue weighted by Gasteiger charge is -2.30. The molecule has 0 aromatic carbocycles. The van der Waals surface area contributed by atoms with Gasteiger partial charge in [0.15, 0.2) is 0 Å². The number of aliphatic hydroxyl groups is 3. The maximum Gasteiger partial charge on any atom is 0.309 e. The summed E-state index contributed by atoms with van der Waals surface area (Å²) in [4.78, 5) is 11.8. The van der Waals surface area contributed by atoms with Gasteiger partial charge in [-0.1, -0.05) is 181 Å². The van der Waals surface area contributed by atoms with Crippen molar-refractivity contribution in [3.8, 4) is 0 Å². The first kappa shape index (κ1) is 41.3. The molecule has 0 rings (SSSR count). The molecule has 0 saturated heterocycles. The van der Waals surface area contributed by atoms with E-state index in [1.54, 1.807) is 0 Å². The Morgan fingerprint density at radius 2 is 0.762 bits per heavy atom. The Morgan fingerprint density at radius 3 is 1.07 bits per heavy atom. The average molecular weight is 600 g/mol. The SMILES string of the molecule is CCCCCCCCCCCCCCCCC(C(=O)O)C(O)[C@H](N)[C@H](O)[C@H](O)CCCCCCCCCCCCCC. The highest BCUT2D eigenvalue weighted by Gasteiger charge is 2.36. The third-order valence-corrected chi connectivity index (χ3v) is 9.13. The van der Waals surface area contributed by atoms with Gasteiger partial charge in [0, 0.05) is 0 Å². The summed E-state index contributed by atoms with van der Waals surface area (Å²) in [7, 11) is 0. The summed E-state index contributed by atoms with van der Waals surface area (Å²) in [6.45, 7) is 4.50. The average Bonchev–Trinajstić information content (AvgIpc) is 2.98. The molecule has 0 fully saturated rings. The fourth-order valence-corrected chi connectivity index (χ4v) is 6.09. The van der Waals surface area contributed by atoms with Gasteiger partial charge in [0.25, 0.3) is 0 Å². The molecule has 252 valence electrons. The molecule has 0 aliphatic carbocycles. The van der Waals surface area contributed by atoms with Crippen LogP contribution in [0.2, 0.25) is 0 Å². The van der Waals surface area contributed by atoms with Crippen molar-refractivity contribution in [2.24, 2.45) is 11.7 Å². The van der Waals surface area contributed by atoms with Crippen LogP contribution in [0.1, 0.15) is 194 Å². The van der Waals surface area contributed by atoms with E-state index in [4.69, 9.17) is 5.73 Å². The van der Waals surface area contributed by atoms with Crippen LogP contribution in [0, 0.1) is 5.92 Å². The predicted molar refractivity (Wildman–Crippen MR) is 178 cm³/mol. The largest absolute Gasteiger partial charge is 0.481 e. The summed E-state index contributed by atoms with van der Waals surface area (Å²) in [6.07, 6.45) is 28.9. The summed E-state index contributed by atoms with van der Waals surface area (Å²) >= 11 is 0. The molecule has 0 bridgehead atoms. The lowest BCUT2D eigenvalue weighted by Crippen LogP contribution is -2.53. The number of hydrogen-bond donors (Lipinski definition) is 5. The van der Waals surface area contributed by atoms with Crippen LogP contribution in [0.25, 0.3) is 0 Å². The normalized spacial score (nSPS) is 15.4. The van der Waals surface area contributed by atoms with Crippen LogP contribution in [0.3, 0.4) is 0 Å². The van der Waals surface area contributed by atoms with Crippen LogP contribution < -0.4 is 5.73 Å². The number of carboxylic acid groups (broad SMARTS) is 1. The van der Waals surface area contributed by atoms with Crippen LogP contribution in [0.15, 0.2) is 0 Å². The minimum atomic E-state index is -1.38. The first-order valence-corrected chi connectivity index (χ1v) is 18.4. The van der Waals surface area contributed by atoms with Gasteiger partial charge in [0.1, 0.15) is 0 Å². The number of aliphatic carboxylic acids is 1. The summed E-state index contributed by atoms with van der Waals surface area (Å²) in [5.41, 5.74) is 6.06. The van der Waals surface area contributed by atoms with Crippen molar-refractivity contribution in [2.45, 2.75) is 218 Å². The standard InChI is InChI=1S/C36H73NO5/c1-3-5-7-9-11-13-15-17-18-19-21-23-25-27-29-31(36(41)42)34(39)33(37)35(40)32(38)30-28-26-24-22-20-16-14-12-10-8-6-4-2/h31-35,38-40H,3-30,37H2,1-2H3,(H,41,42)/t31?,32-,33+,34?,35-/m1/s1. The summed E-state index contributed by atoms with van der Waals surface area (Å²) in [6, 6.07) is -1.18. The molecule has 2 unspecified atom stereocenters. The predicted octanol–water partition coefficient (Wildman–Crippen LogP) is 9.06. The van der Waals surface area contributed by atoms with Crippen molar-refractivity contribution in [1.29, 1.82) is 0 Å². The van der Waals surface area contributed by atoms with Crippen molar-refractivity contribution in [3.05, 3.63) is 0 Å². The van der Waals surface area contributed by atoms with E-state index in [-0.39, 0.29) is 0 Å². The molecule has 0 aliphatic rings. The van der Waals surface area contributed by atoms with Gasteiger partial charge in [-0.25, -0.2) is 0 Å². The van der Waals surface area contributed by atoms with Gasteiger partial charge in [0.05, 0.1) is 30.3 Å². The third-order valence-electron chi connectivity index (χ3n) is 9.13. The van der Waals surface area contributed by atoms with E-state index in [0.29, 0.717) is 12.8 Å². The monoisotopic (exact) mass is 600 g/mol. The summed E-state index contributed by atoms with van der Waals surface area (Å²) < 4.78 is 0. The zero-order chi connectivity index (χ0) is 31.3. The highest BCUT2D eigenvalue weighted by atomic mass is 16.4. The smallest absolute Gasteiger partial charge is 0.309 e. The van der Waals surface area contributed by atoms with E-state index in [9.17, 15) is 25.2 Å². The molecule has 6 nitrogen and oxygen atoms in total. The highest BCUT2D eigenvalue weighted by Crippen LogP contribution is 2.21. The van der Waals surface area contributed by atoms with Crippen molar-refractivity contribution < 1.29 is 25.2 Å². The maximum atomic E-state index is 11.8. The summed E-state index contributed by atoms with van der Waals surface area (Å²) in [5, 5.41) is 41.3. The third kappa shape index (κ3) is 23.7. The van der Waals surface area contributed by atoms with Crippen LogP contribution in [-0.2, 0) is 4.79 Å². The Labute approximate surface area is 260 Å². The number of aliphatic hydroxyl groups excluding tert-OH is 3. The topological polar surface area (TPSA) is 124 Å². The van der Waals surface area contributed by atoms with E-state index in [1.165, 1.54) is 128 Å². The molecular weight excluding hydrogens is 526 g/mol. The maximum absolute atomic E-state index is 11.8. The van der Waals surface area contributed by atoms with Crippen LogP contribution in [0.4, 0.5) is 0 Å². The number of rotatable bonds is 33. The van der Waals surface area contributed by atoms with Gasteiger partial charge in [0.2, 0.25) is 0 Å². The van der Waals surface area contributed by atoms with Gasteiger partial charge in [-0.2, -0.15) is 0 Å². The molecule has 6 N–H and O–H groups in total. The van der Waals surface area contributed by atoms with Gasteiger partial charge in [-0.3, -0.25) is 4.79 Å². The quantitative estimate of drug-likeness (QED) is 0.0479. The Morgan fingerprint density at radius 1 is 0.476 bits per heavy atom. The lowest BCUT2D eigenvalue weighted by molar-refractivity contribution is -0.148. The zero-order valence-electron chi connectivity index (χ0n) is 28.0. The highest BCUT2D eigenvalue weighted by molar-refractivity contribution is 5.70. The molecule has 0 aliphatic heterocycles. The second-order valence-electron chi connectivity index (χ2n) is 13.1. The van der Waals surface area contributed by atoms with Crippen LogP contribution in [-0.4, -0.2) is 50.7 Å². The molecule has 5 atom stereocenters. The fourth-order valence-electron chi connectivity index (χ4n) is 6.09. The van der Waals surface area contributed by atoms with Gasteiger partial charge in [-0.15, -0.1) is 0 Å². The molecule has 0 amide bonds. The lowest BCUT2D eigenvalue weighted by atomic mass is 9.86. The fraction of sp³-hybridized carbons (Fsp3) is 0.972. The minimum Gasteiger partial charge on any atom is -0.481 e. The Kier molecular flexibility index (Phi) is 29.8. The van der Waals surface area contributed by atoms with E-state index in [1.807, 2.05) is 0 Å². The Balaban J connectivity index is 3.95. The van der Waals surface area contributed by atoms with Gasteiger partial charge < -0.3 is 26.2 Å². The molecule has 6 heteroatoms. The molecule has 0 saturated carbocycles. The van der Waals surface area contributed by atoms with Gasteiger partial charge in [-0.05, 0) is 12.8 Å². The van der Waals surface area contributed by atoms with Crippen molar-refractivity contribution in [1.82, 2.24) is 0 Å². The zero-order valence-corrected chi connectivity index (χ0v) is 28.0. The van der Waals surface area contributed by atoms with E-state index < -0.39 is 36.2 Å². The molecule has 0 heterocycles. The number of hydrogen-bond acceptors (Lipinski definition) is 5. The van der Waals surface area contributed by atoms with Crippen LogP contribution in [0.5, 0.6) is 0 Å². The Hall–Kier alpha value is -0.690. The second kappa shape index (κ2) is 30.3. The molecular formula is C36H73NO5. The number of nitrogens with two attached hydrogens (primary N) is 1. The summed E-state index contributed by atoms with van der Waals surface area (Å²) in [5.74, 6) is -2.11. The van der Waals surface area contributed by atoms with E-state index in [0.717, 1.165) is 38.5 Å². The molecule has 42 heavy (non-hydrogen) atoms. The molecule has 0 aromatic heterocycles. The van der Waals surface area contributed by atoms with Crippen molar-refractivity contribution in [3.63, 3.8) is 0 Å². The van der Waals surface area contributed by atoms with Crippen molar-refractivity contribution >= 4 is 5.97 Å². The first-order chi connectivity index (χ1) is 20.4. The Bertz CT molecular complexity index is 575. The van der Waals surface area contributed by atoms with Crippen molar-refractivity contribution in [2.75, 3.05) is 0 Å². The molecule has 0 radical (unpaired) electrons.